The molecule has 8 heteroatoms. The van der Waals surface area contributed by atoms with Gasteiger partial charge in [0.25, 0.3) is 10.0 Å². The highest BCUT2D eigenvalue weighted by Crippen LogP contribution is 2.07. The predicted molar refractivity (Wildman–Crippen MR) is 79.2 cm³/mol. The summed E-state index contributed by atoms with van der Waals surface area (Å²) in [7, 11) is -1.72. The van der Waals surface area contributed by atoms with Gasteiger partial charge in [-0.2, -0.15) is 5.10 Å². The summed E-state index contributed by atoms with van der Waals surface area (Å²) >= 11 is 0. The monoisotopic (exact) mass is 311 g/mol. The number of aromatic nitrogens is 4. The van der Waals surface area contributed by atoms with Crippen LogP contribution in [0.15, 0.2) is 29.9 Å². The van der Waals surface area contributed by atoms with Crippen LogP contribution in [0.1, 0.15) is 19.4 Å². The predicted octanol–water partition coefficient (Wildman–Crippen LogP) is 0.794. The van der Waals surface area contributed by atoms with Crippen molar-refractivity contribution in [3.63, 3.8) is 0 Å². The molecule has 0 saturated carbocycles. The number of rotatable bonds is 7. The van der Waals surface area contributed by atoms with Crippen LogP contribution in [0.5, 0.6) is 0 Å². The smallest absolute Gasteiger partial charge is 0.259 e. The van der Waals surface area contributed by atoms with Crippen molar-refractivity contribution in [1.82, 2.24) is 24.1 Å². The molecule has 2 heterocycles. The molecule has 0 aliphatic rings. The summed E-state index contributed by atoms with van der Waals surface area (Å²) in [5.41, 5.74) is 0.991. The van der Waals surface area contributed by atoms with E-state index in [1.54, 1.807) is 28.0 Å². The maximum atomic E-state index is 12.1. The lowest BCUT2D eigenvalue weighted by Crippen LogP contribution is -2.26. The van der Waals surface area contributed by atoms with Crippen molar-refractivity contribution in [3.05, 3.63) is 30.5 Å². The first-order valence-electron chi connectivity index (χ1n) is 6.86. The van der Waals surface area contributed by atoms with Gasteiger partial charge in [0.15, 0.2) is 5.03 Å². The van der Waals surface area contributed by atoms with Gasteiger partial charge < -0.3 is 4.57 Å². The first kappa shape index (κ1) is 15.7. The summed E-state index contributed by atoms with van der Waals surface area (Å²) in [4.78, 5) is 3.97. The SMILES string of the molecule is CC(C)Cn1cnc(S(=O)(=O)NCCc2cnn(C)c2)c1. The van der Waals surface area contributed by atoms with Crippen molar-refractivity contribution in [2.75, 3.05) is 6.54 Å². The minimum absolute atomic E-state index is 0.0642. The van der Waals surface area contributed by atoms with Crippen LogP contribution in [0.2, 0.25) is 0 Å². The van der Waals surface area contributed by atoms with E-state index in [9.17, 15) is 8.42 Å². The number of sulfonamides is 1. The van der Waals surface area contributed by atoms with Crippen molar-refractivity contribution in [3.8, 4) is 0 Å². The van der Waals surface area contributed by atoms with Gasteiger partial charge in [0.05, 0.1) is 12.5 Å². The maximum Gasteiger partial charge on any atom is 0.259 e. The molecule has 2 aromatic rings. The molecule has 1 N–H and O–H groups in total. The van der Waals surface area contributed by atoms with Crippen LogP contribution in [-0.2, 0) is 30.0 Å². The van der Waals surface area contributed by atoms with Crippen LogP contribution >= 0.6 is 0 Å². The first-order chi connectivity index (χ1) is 9.87. The van der Waals surface area contributed by atoms with Gasteiger partial charge in [0.2, 0.25) is 0 Å². The molecule has 0 atom stereocenters. The highest BCUT2D eigenvalue weighted by Gasteiger charge is 2.17. The Morgan fingerprint density at radius 3 is 2.71 bits per heavy atom. The zero-order valence-corrected chi connectivity index (χ0v) is 13.3. The lowest BCUT2D eigenvalue weighted by atomic mass is 10.2. The number of imidazole rings is 1. The van der Waals surface area contributed by atoms with Gasteiger partial charge in [-0.25, -0.2) is 18.1 Å². The van der Waals surface area contributed by atoms with E-state index in [1.807, 2.05) is 13.2 Å². The van der Waals surface area contributed by atoms with Gasteiger partial charge in [0.1, 0.15) is 0 Å². The third-order valence-electron chi connectivity index (χ3n) is 2.92. The lowest BCUT2D eigenvalue weighted by molar-refractivity contribution is 0.521. The van der Waals surface area contributed by atoms with E-state index in [0.717, 1.165) is 12.1 Å². The lowest BCUT2D eigenvalue weighted by Gasteiger charge is -2.05. The van der Waals surface area contributed by atoms with E-state index in [1.165, 1.54) is 0 Å². The van der Waals surface area contributed by atoms with Gasteiger partial charge in [-0.3, -0.25) is 4.68 Å². The van der Waals surface area contributed by atoms with Gasteiger partial charge in [-0.05, 0) is 17.9 Å². The average molecular weight is 311 g/mol. The molecule has 0 aliphatic carbocycles. The quantitative estimate of drug-likeness (QED) is 0.820. The van der Waals surface area contributed by atoms with Crippen LogP contribution in [-0.4, -0.2) is 34.3 Å². The number of aryl methyl sites for hydroxylation is 1. The summed E-state index contributed by atoms with van der Waals surface area (Å²) < 4.78 is 30.3. The van der Waals surface area contributed by atoms with Crippen molar-refractivity contribution in [1.29, 1.82) is 0 Å². The van der Waals surface area contributed by atoms with Gasteiger partial charge in [0, 0.05) is 32.5 Å². The van der Waals surface area contributed by atoms with Crippen LogP contribution in [0.25, 0.3) is 0 Å². The molecule has 21 heavy (non-hydrogen) atoms. The summed E-state index contributed by atoms with van der Waals surface area (Å²) in [5, 5.41) is 4.11. The largest absolute Gasteiger partial charge is 0.336 e. The van der Waals surface area contributed by atoms with Crippen LogP contribution in [0.4, 0.5) is 0 Å². The Bertz CT molecular complexity index is 687. The Labute approximate surface area is 125 Å². The normalized spacial score (nSPS) is 12.2. The Kier molecular flexibility index (Phi) is 4.79. The van der Waals surface area contributed by atoms with Crippen molar-refractivity contribution in [2.24, 2.45) is 13.0 Å². The fourth-order valence-corrected chi connectivity index (χ4v) is 2.98. The third kappa shape index (κ3) is 4.40. The minimum atomic E-state index is -3.55. The Morgan fingerprint density at radius 2 is 2.10 bits per heavy atom. The van der Waals surface area contributed by atoms with Crippen molar-refractivity contribution < 1.29 is 8.42 Å². The molecule has 7 nitrogen and oxygen atoms in total. The summed E-state index contributed by atoms with van der Waals surface area (Å²) in [6, 6.07) is 0. The molecular weight excluding hydrogens is 290 g/mol. The highest BCUT2D eigenvalue weighted by molar-refractivity contribution is 7.89. The fraction of sp³-hybridized carbons (Fsp3) is 0.538. The highest BCUT2D eigenvalue weighted by atomic mass is 32.2. The molecule has 0 bridgehead atoms. The molecule has 0 radical (unpaired) electrons. The van der Waals surface area contributed by atoms with Gasteiger partial charge >= 0.3 is 0 Å². The molecule has 0 saturated heterocycles. The Balaban J connectivity index is 1.93. The number of nitrogens with one attached hydrogen (secondary N) is 1. The Morgan fingerprint density at radius 1 is 1.33 bits per heavy atom. The van der Waals surface area contributed by atoms with Crippen molar-refractivity contribution >= 4 is 10.0 Å². The van der Waals surface area contributed by atoms with Crippen LogP contribution in [0.3, 0.4) is 0 Å². The van der Waals surface area contributed by atoms with Crippen LogP contribution < -0.4 is 4.72 Å². The molecule has 0 aliphatic heterocycles. The zero-order chi connectivity index (χ0) is 15.5. The third-order valence-corrected chi connectivity index (χ3v) is 4.27. The fourth-order valence-electron chi connectivity index (χ4n) is 2.00. The number of hydrogen-bond donors (Lipinski definition) is 1. The summed E-state index contributed by atoms with van der Waals surface area (Å²) in [6.45, 7) is 5.21. The summed E-state index contributed by atoms with van der Waals surface area (Å²) in [5.74, 6) is 0.438. The Hall–Kier alpha value is -1.67. The molecule has 0 unspecified atom stereocenters. The second-order valence-corrected chi connectivity index (χ2v) is 7.19. The van der Waals surface area contributed by atoms with E-state index < -0.39 is 10.0 Å². The second-order valence-electron chi connectivity index (χ2n) is 5.47. The standard InChI is InChI=1S/C13H21N5O2S/c1-11(2)7-18-9-13(14-10-18)21(19,20)16-5-4-12-6-15-17(3)8-12/h6,8-11,16H,4-5,7H2,1-3H3. The van der Waals surface area contributed by atoms with Gasteiger partial charge in [-0.15, -0.1) is 0 Å². The van der Waals surface area contributed by atoms with E-state index in [-0.39, 0.29) is 5.03 Å². The maximum absolute atomic E-state index is 12.1. The van der Waals surface area contributed by atoms with Crippen molar-refractivity contribution in [2.45, 2.75) is 31.8 Å². The van der Waals surface area contributed by atoms with E-state index in [2.05, 4.69) is 28.7 Å². The molecule has 0 fully saturated rings. The molecule has 0 amide bonds. The minimum Gasteiger partial charge on any atom is -0.336 e. The number of hydrogen-bond acceptors (Lipinski definition) is 4. The number of nitrogens with zero attached hydrogens (tertiary/aromatic N) is 4. The molecule has 0 spiro atoms. The van der Waals surface area contributed by atoms with E-state index in [0.29, 0.717) is 18.9 Å². The first-order valence-corrected chi connectivity index (χ1v) is 8.34. The molecule has 0 aromatic carbocycles. The molecular formula is C13H21N5O2S. The topological polar surface area (TPSA) is 81.8 Å². The van der Waals surface area contributed by atoms with E-state index in [4.69, 9.17) is 0 Å². The second kappa shape index (κ2) is 6.40. The summed E-state index contributed by atoms with van der Waals surface area (Å²) in [6.07, 6.45) is 7.30. The zero-order valence-electron chi connectivity index (χ0n) is 12.5. The molecule has 2 aromatic heterocycles. The van der Waals surface area contributed by atoms with E-state index >= 15 is 0 Å². The van der Waals surface area contributed by atoms with Gasteiger partial charge in [-0.1, -0.05) is 13.8 Å². The molecule has 2 rings (SSSR count). The van der Waals surface area contributed by atoms with Crippen LogP contribution in [0, 0.1) is 5.92 Å². The molecule has 116 valence electrons. The average Bonchev–Trinajstić information content (AvgIpc) is 2.98.